The van der Waals surface area contributed by atoms with Crippen LogP contribution in [-0.2, 0) is 6.54 Å². The third-order valence-electron chi connectivity index (χ3n) is 1.04. The number of H-pyrrole nitrogens is 1. The quantitative estimate of drug-likeness (QED) is 0.611. The number of halogens is 1. The summed E-state index contributed by atoms with van der Waals surface area (Å²) in [4.78, 5) is 10.6. The maximum absolute atomic E-state index is 11.5. The van der Waals surface area contributed by atoms with Crippen molar-refractivity contribution in [1.82, 2.24) is 20.2 Å². The topological polar surface area (TPSA) is 63.6 Å². The Morgan fingerprint density at radius 2 is 2.36 bits per heavy atom. The molecule has 1 heterocycles. The van der Waals surface area contributed by atoms with Crippen LogP contribution in [0.1, 0.15) is 6.42 Å². The summed E-state index contributed by atoms with van der Waals surface area (Å²) in [5.74, 6) is 0. The Morgan fingerprint density at radius 3 is 2.82 bits per heavy atom. The number of nitrogens with one attached hydrogen (secondary N) is 1. The van der Waals surface area contributed by atoms with Crippen LogP contribution in [0.15, 0.2) is 4.79 Å². The molecule has 11 heavy (non-hydrogen) atoms. The van der Waals surface area contributed by atoms with Gasteiger partial charge in [0.15, 0.2) is 0 Å². The van der Waals surface area contributed by atoms with Crippen molar-refractivity contribution in [3.05, 3.63) is 10.5 Å². The maximum Gasteiger partial charge on any atom is 0.361 e. The van der Waals surface area contributed by atoms with Gasteiger partial charge in [0.05, 0.1) is 13.2 Å². The second-order valence-corrected chi connectivity index (χ2v) is 1.77. The summed E-state index contributed by atoms with van der Waals surface area (Å²) in [6, 6.07) is 0. The van der Waals surface area contributed by atoms with Crippen LogP contribution in [0.5, 0.6) is 0 Å². The van der Waals surface area contributed by atoms with E-state index in [0.29, 0.717) is 6.42 Å². The number of alkyl halides is 1. The van der Waals surface area contributed by atoms with Gasteiger partial charge < -0.3 is 0 Å². The molecule has 0 fully saturated rings. The molecule has 0 aliphatic heterocycles. The molecular weight excluding hydrogens is 178 g/mol. The Labute approximate surface area is 105 Å². The van der Waals surface area contributed by atoms with Gasteiger partial charge in [0.2, 0.25) is 0 Å². The third kappa shape index (κ3) is 3.56. The molecular formula is C4H7FKN4O. The number of hydrogen-bond donors (Lipinski definition) is 1. The van der Waals surface area contributed by atoms with Crippen molar-refractivity contribution in [2.24, 2.45) is 0 Å². The fourth-order valence-corrected chi connectivity index (χ4v) is 0.573. The molecule has 0 atom stereocenters. The molecule has 0 bridgehead atoms. The zero-order valence-electron chi connectivity index (χ0n) is 6.25. The molecule has 1 aromatic rings. The van der Waals surface area contributed by atoms with Crippen LogP contribution in [-0.4, -0.2) is 78.3 Å². The summed E-state index contributed by atoms with van der Waals surface area (Å²) in [6.07, 6.45) is 0.298. The van der Waals surface area contributed by atoms with Crippen LogP contribution < -0.4 is 5.69 Å². The normalized spacial score (nSPS) is 9.18. The fraction of sp³-hybridized carbons (Fsp3) is 0.750. The number of hydrogen-bond acceptors (Lipinski definition) is 3. The molecule has 57 valence electrons. The van der Waals surface area contributed by atoms with Crippen LogP contribution in [0.4, 0.5) is 4.39 Å². The Balaban J connectivity index is 0.000001000. The van der Waals surface area contributed by atoms with E-state index in [0.717, 1.165) is 4.68 Å². The first-order valence-electron chi connectivity index (χ1n) is 2.88. The summed E-state index contributed by atoms with van der Waals surface area (Å²) < 4.78 is 12.6. The van der Waals surface area contributed by atoms with Crippen molar-refractivity contribution in [2.45, 2.75) is 13.0 Å². The fourth-order valence-electron chi connectivity index (χ4n) is 0.573. The zero-order valence-corrected chi connectivity index (χ0v) is 9.37. The van der Waals surface area contributed by atoms with Gasteiger partial charge in [-0.3, -0.25) is 4.39 Å². The predicted molar refractivity (Wildman–Crippen MR) is 37.0 cm³/mol. The Hall–Kier alpha value is 0.436. The summed E-state index contributed by atoms with van der Waals surface area (Å²) in [7, 11) is 0. The van der Waals surface area contributed by atoms with Crippen molar-refractivity contribution in [2.75, 3.05) is 6.67 Å². The van der Waals surface area contributed by atoms with E-state index in [1.807, 2.05) is 0 Å². The van der Waals surface area contributed by atoms with Gasteiger partial charge >= 0.3 is 5.69 Å². The zero-order chi connectivity index (χ0) is 7.40. The number of aryl methyl sites for hydroxylation is 1. The number of tetrazole rings is 1. The molecule has 1 aromatic heterocycles. The maximum atomic E-state index is 11.5. The van der Waals surface area contributed by atoms with E-state index in [-0.39, 0.29) is 57.9 Å². The average molecular weight is 185 g/mol. The van der Waals surface area contributed by atoms with Gasteiger partial charge in [-0.1, -0.05) is 0 Å². The van der Waals surface area contributed by atoms with Gasteiger partial charge in [0.1, 0.15) is 0 Å². The van der Waals surface area contributed by atoms with E-state index < -0.39 is 12.4 Å². The SMILES string of the molecule is O=c1[nH]nnn1CCCF.[K]. The van der Waals surface area contributed by atoms with Gasteiger partial charge in [0, 0.05) is 51.4 Å². The van der Waals surface area contributed by atoms with E-state index in [9.17, 15) is 9.18 Å². The molecule has 5 nitrogen and oxygen atoms in total. The van der Waals surface area contributed by atoms with Crippen molar-refractivity contribution in [3.63, 3.8) is 0 Å². The van der Waals surface area contributed by atoms with Gasteiger partial charge in [-0.05, 0) is 16.8 Å². The molecule has 0 saturated carbocycles. The second-order valence-electron chi connectivity index (χ2n) is 1.77. The van der Waals surface area contributed by atoms with Crippen LogP contribution in [0.2, 0.25) is 0 Å². The molecule has 1 radical (unpaired) electrons. The Morgan fingerprint density at radius 1 is 1.64 bits per heavy atom. The van der Waals surface area contributed by atoms with Crippen LogP contribution in [0.25, 0.3) is 0 Å². The van der Waals surface area contributed by atoms with E-state index in [1.165, 1.54) is 0 Å². The van der Waals surface area contributed by atoms with Gasteiger partial charge in [-0.15, -0.1) is 0 Å². The molecule has 0 saturated heterocycles. The standard InChI is InChI=1S/C4H7FN4O.K/c5-2-1-3-9-4(10)6-7-8-9;/h1-3H2,(H,6,8,10);. The smallest absolute Gasteiger partial charge is 0.251 e. The second kappa shape index (κ2) is 6.01. The molecule has 0 unspecified atom stereocenters. The average Bonchev–Trinajstić information content (AvgIpc) is 2.31. The first-order valence-corrected chi connectivity index (χ1v) is 2.88. The van der Waals surface area contributed by atoms with Crippen molar-refractivity contribution in [3.8, 4) is 0 Å². The van der Waals surface area contributed by atoms with Gasteiger partial charge in [-0.25, -0.2) is 9.89 Å². The summed E-state index contributed by atoms with van der Waals surface area (Å²) in [5, 5.41) is 8.71. The Kier molecular flexibility index (Phi) is 6.25. The summed E-state index contributed by atoms with van der Waals surface area (Å²) in [6.45, 7) is -0.162. The minimum Gasteiger partial charge on any atom is -0.251 e. The first kappa shape index (κ1) is 11.4. The summed E-state index contributed by atoms with van der Waals surface area (Å²) >= 11 is 0. The van der Waals surface area contributed by atoms with Crippen LogP contribution in [0, 0.1) is 0 Å². The molecule has 1 rings (SSSR count). The predicted octanol–water partition coefficient (Wildman–Crippen LogP) is -1.05. The molecule has 0 spiro atoms. The first-order chi connectivity index (χ1) is 4.84. The van der Waals surface area contributed by atoms with Crippen LogP contribution in [0.3, 0.4) is 0 Å². The molecule has 0 aliphatic rings. The van der Waals surface area contributed by atoms with Crippen molar-refractivity contribution in [1.29, 1.82) is 0 Å². The van der Waals surface area contributed by atoms with E-state index in [4.69, 9.17) is 0 Å². The number of nitrogens with zero attached hydrogens (tertiary/aromatic N) is 3. The van der Waals surface area contributed by atoms with Crippen molar-refractivity contribution < 1.29 is 4.39 Å². The van der Waals surface area contributed by atoms with Gasteiger partial charge in [0.25, 0.3) is 0 Å². The summed E-state index contributed by atoms with van der Waals surface area (Å²) in [5.41, 5.74) is -0.395. The molecule has 0 aromatic carbocycles. The van der Waals surface area contributed by atoms with Gasteiger partial charge in [-0.2, -0.15) is 4.68 Å². The third-order valence-corrected chi connectivity index (χ3v) is 1.04. The molecule has 0 amide bonds. The van der Waals surface area contributed by atoms with E-state index in [1.54, 1.807) is 0 Å². The van der Waals surface area contributed by atoms with E-state index >= 15 is 0 Å². The number of rotatable bonds is 3. The minimum absolute atomic E-state index is 0. The number of aromatic amines is 1. The van der Waals surface area contributed by atoms with Crippen LogP contribution >= 0.6 is 0 Å². The number of aromatic nitrogens is 4. The largest absolute Gasteiger partial charge is 0.361 e. The molecule has 1 N–H and O–H groups in total. The van der Waals surface area contributed by atoms with E-state index in [2.05, 4.69) is 15.5 Å². The Bertz CT molecular complexity index is 246. The molecule has 7 heteroatoms. The molecule has 0 aliphatic carbocycles. The van der Waals surface area contributed by atoms with Crippen molar-refractivity contribution >= 4 is 51.4 Å². The minimum atomic E-state index is -0.445. The monoisotopic (exact) mass is 185 g/mol.